The van der Waals surface area contributed by atoms with Crippen molar-refractivity contribution in [1.29, 1.82) is 0 Å². The summed E-state index contributed by atoms with van der Waals surface area (Å²) in [5.41, 5.74) is 0.414. The van der Waals surface area contributed by atoms with Crippen LogP contribution >= 0.6 is 0 Å². The molecular formula is C10H12F2O. The third-order valence-corrected chi connectivity index (χ3v) is 1.83. The standard InChI is InChI=1S/C10H12F2O/c1-13-7-3-5-8-4-2-6-9(11)10(8)12/h2,4,6H,3,5,7H2,1H3. The fourth-order valence-electron chi connectivity index (χ4n) is 1.15. The summed E-state index contributed by atoms with van der Waals surface area (Å²) in [5.74, 6) is -1.52. The zero-order chi connectivity index (χ0) is 9.68. The summed E-state index contributed by atoms with van der Waals surface area (Å²) in [6.07, 6.45) is 1.22. The highest BCUT2D eigenvalue weighted by Gasteiger charge is 2.06. The number of aryl methyl sites for hydroxylation is 1. The Morgan fingerprint density at radius 2 is 2.08 bits per heavy atom. The Morgan fingerprint density at radius 1 is 1.31 bits per heavy atom. The largest absolute Gasteiger partial charge is 0.385 e. The van der Waals surface area contributed by atoms with Crippen molar-refractivity contribution in [3.63, 3.8) is 0 Å². The van der Waals surface area contributed by atoms with E-state index in [9.17, 15) is 8.78 Å². The maximum Gasteiger partial charge on any atom is 0.162 e. The smallest absolute Gasteiger partial charge is 0.162 e. The lowest BCUT2D eigenvalue weighted by Gasteiger charge is -2.02. The van der Waals surface area contributed by atoms with Crippen LogP contribution in [0.2, 0.25) is 0 Å². The highest BCUT2D eigenvalue weighted by Crippen LogP contribution is 2.12. The predicted octanol–water partition coefficient (Wildman–Crippen LogP) is 2.54. The number of benzene rings is 1. The Morgan fingerprint density at radius 3 is 2.77 bits per heavy atom. The molecule has 0 heterocycles. The first kappa shape index (κ1) is 10.1. The van der Waals surface area contributed by atoms with Crippen LogP contribution in [-0.2, 0) is 11.2 Å². The van der Waals surface area contributed by atoms with Gasteiger partial charge in [0.25, 0.3) is 0 Å². The molecule has 3 heteroatoms. The van der Waals surface area contributed by atoms with Crippen molar-refractivity contribution < 1.29 is 13.5 Å². The summed E-state index contributed by atoms with van der Waals surface area (Å²) in [7, 11) is 1.59. The first-order valence-electron chi connectivity index (χ1n) is 4.17. The van der Waals surface area contributed by atoms with Gasteiger partial charge in [0.1, 0.15) is 0 Å². The van der Waals surface area contributed by atoms with Crippen LogP contribution < -0.4 is 0 Å². The average molecular weight is 186 g/mol. The predicted molar refractivity (Wildman–Crippen MR) is 46.6 cm³/mol. The Kier molecular flexibility index (Phi) is 3.83. The molecule has 0 bridgehead atoms. The van der Waals surface area contributed by atoms with E-state index in [0.29, 0.717) is 25.0 Å². The summed E-state index contributed by atoms with van der Waals surface area (Å²) >= 11 is 0. The maximum atomic E-state index is 13.0. The van der Waals surface area contributed by atoms with Crippen LogP contribution in [0.5, 0.6) is 0 Å². The van der Waals surface area contributed by atoms with Gasteiger partial charge in [0.05, 0.1) is 0 Å². The van der Waals surface area contributed by atoms with Gasteiger partial charge in [-0.25, -0.2) is 8.78 Å². The van der Waals surface area contributed by atoms with Gasteiger partial charge in [-0.2, -0.15) is 0 Å². The van der Waals surface area contributed by atoms with Crippen LogP contribution in [-0.4, -0.2) is 13.7 Å². The molecule has 0 atom stereocenters. The lowest BCUT2D eigenvalue weighted by molar-refractivity contribution is 0.195. The minimum Gasteiger partial charge on any atom is -0.385 e. The highest BCUT2D eigenvalue weighted by molar-refractivity contribution is 5.18. The van der Waals surface area contributed by atoms with E-state index in [1.807, 2.05) is 0 Å². The van der Waals surface area contributed by atoms with Crippen LogP contribution in [0.15, 0.2) is 18.2 Å². The molecule has 0 radical (unpaired) electrons. The molecule has 1 aromatic carbocycles. The first-order chi connectivity index (χ1) is 6.25. The highest BCUT2D eigenvalue weighted by atomic mass is 19.2. The van der Waals surface area contributed by atoms with Crippen molar-refractivity contribution in [3.8, 4) is 0 Å². The number of methoxy groups -OCH3 is 1. The maximum absolute atomic E-state index is 13.0. The van der Waals surface area contributed by atoms with Gasteiger partial charge in [-0.3, -0.25) is 0 Å². The topological polar surface area (TPSA) is 9.23 Å². The molecule has 0 aliphatic carbocycles. The fourth-order valence-corrected chi connectivity index (χ4v) is 1.15. The lowest BCUT2D eigenvalue weighted by Crippen LogP contribution is -1.97. The number of rotatable bonds is 4. The molecule has 1 nitrogen and oxygen atoms in total. The van der Waals surface area contributed by atoms with Crippen molar-refractivity contribution >= 4 is 0 Å². The Hall–Kier alpha value is -0.960. The lowest BCUT2D eigenvalue weighted by atomic mass is 10.1. The monoisotopic (exact) mass is 186 g/mol. The van der Waals surface area contributed by atoms with Crippen molar-refractivity contribution in [1.82, 2.24) is 0 Å². The van der Waals surface area contributed by atoms with Gasteiger partial charge < -0.3 is 4.74 Å². The van der Waals surface area contributed by atoms with E-state index in [1.165, 1.54) is 6.07 Å². The molecule has 1 rings (SSSR count). The SMILES string of the molecule is COCCCc1cccc(F)c1F. The van der Waals surface area contributed by atoms with Gasteiger partial charge in [-0.1, -0.05) is 12.1 Å². The molecule has 0 aliphatic rings. The van der Waals surface area contributed by atoms with Gasteiger partial charge in [0.2, 0.25) is 0 Å². The molecule has 0 saturated carbocycles. The van der Waals surface area contributed by atoms with Crippen LogP contribution in [0.1, 0.15) is 12.0 Å². The van der Waals surface area contributed by atoms with Gasteiger partial charge in [0, 0.05) is 13.7 Å². The Balaban J connectivity index is 2.61. The third kappa shape index (κ3) is 2.77. The van der Waals surface area contributed by atoms with Crippen LogP contribution in [0.25, 0.3) is 0 Å². The molecular weight excluding hydrogens is 174 g/mol. The number of ether oxygens (including phenoxy) is 1. The van der Waals surface area contributed by atoms with Gasteiger partial charge in [0.15, 0.2) is 11.6 Å². The van der Waals surface area contributed by atoms with E-state index < -0.39 is 11.6 Å². The molecule has 13 heavy (non-hydrogen) atoms. The van der Waals surface area contributed by atoms with Crippen LogP contribution in [0.4, 0.5) is 8.78 Å². The molecule has 72 valence electrons. The van der Waals surface area contributed by atoms with Crippen LogP contribution in [0.3, 0.4) is 0 Å². The molecule has 0 amide bonds. The minimum absolute atomic E-state index is 0.414. The van der Waals surface area contributed by atoms with Gasteiger partial charge in [-0.05, 0) is 24.5 Å². The van der Waals surface area contributed by atoms with E-state index in [1.54, 1.807) is 13.2 Å². The number of halogens is 2. The quantitative estimate of drug-likeness (QED) is 0.656. The zero-order valence-electron chi connectivity index (χ0n) is 7.52. The average Bonchev–Trinajstić information content (AvgIpc) is 2.13. The van der Waals surface area contributed by atoms with Crippen molar-refractivity contribution in [3.05, 3.63) is 35.4 Å². The molecule has 0 aromatic heterocycles. The number of hydrogen-bond acceptors (Lipinski definition) is 1. The van der Waals surface area contributed by atoms with Crippen molar-refractivity contribution in [2.24, 2.45) is 0 Å². The molecule has 0 spiro atoms. The normalized spacial score (nSPS) is 10.4. The summed E-state index contributed by atoms with van der Waals surface area (Å²) in [5, 5.41) is 0. The van der Waals surface area contributed by atoms with E-state index in [2.05, 4.69) is 0 Å². The van der Waals surface area contributed by atoms with Crippen molar-refractivity contribution in [2.75, 3.05) is 13.7 Å². The summed E-state index contributed by atoms with van der Waals surface area (Å²) in [6.45, 7) is 0.565. The minimum atomic E-state index is -0.782. The van der Waals surface area contributed by atoms with E-state index in [-0.39, 0.29) is 0 Å². The van der Waals surface area contributed by atoms with E-state index >= 15 is 0 Å². The third-order valence-electron chi connectivity index (χ3n) is 1.83. The second-order valence-electron chi connectivity index (χ2n) is 2.81. The second-order valence-corrected chi connectivity index (χ2v) is 2.81. The Labute approximate surface area is 76.3 Å². The van der Waals surface area contributed by atoms with Crippen LogP contribution in [0, 0.1) is 11.6 Å². The van der Waals surface area contributed by atoms with Crippen molar-refractivity contribution in [2.45, 2.75) is 12.8 Å². The number of hydrogen-bond donors (Lipinski definition) is 0. The molecule has 0 N–H and O–H groups in total. The second kappa shape index (κ2) is 4.92. The van der Waals surface area contributed by atoms with E-state index in [4.69, 9.17) is 4.74 Å². The Bertz CT molecular complexity index is 274. The van der Waals surface area contributed by atoms with E-state index in [0.717, 1.165) is 6.07 Å². The molecule has 0 unspecified atom stereocenters. The fraction of sp³-hybridized carbons (Fsp3) is 0.400. The molecule has 0 fully saturated rings. The molecule has 0 saturated heterocycles. The van der Waals surface area contributed by atoms with Gasteiger partial charge in [-0.15, -0.1) is 0 Å². The molecule has 1 aromatic rings. The first-order valence-corrected chi connectivity index (χ1v) is 4.17. The summed E-state index contributed by atoms with van der Waals surface area (Å²) in [4.78, 5) is 0. The summed E-state index contributed by atoms with van der Waals surface area (Å²) < 4.78 is 30.5. The van der Waals surface area contributed by atoms with Gasteiger partial charge >= 0.3 is 0 Å². The zero-order valence-corrected chi connectivity index (χ0v) is 7.52. The molecule has 0 aliphatic heterocycles. The summed E-state index contributed by atoms with van der Waals surface area (Å²) in [6, 6.07) is 4.23.